The van der Waals surface area contributed by atoms with Gasteiger partial charge >= 0.3 is 0 Å². The van der Waals surface area contributed by atoms with E-state index < -0.39 is 21.1 Å². The highest BCUT2D eigenvalue weighted by Crippen LogP contribution is 2.33. The van der Waals surface area contributed by atoms with Crippen LogP contribution >= 0.6 is 0 Å². The summed E-state index contributed by atoms with van der Waals surface area (Å²) in [7, 11) is -2.21. The molecule has 0 saturated carbocycles. The molecule has 0 heterocycles. The van der Waals surface area contributed by atoms with Crippen molar-refractivity contribution in [3.8, 4) is 0 Å². The first-order valence-corrected chi connectivity index (χ1v) is 11.0. The zero-order chi connectivity index (χ0) is 20.7. The van der Waals surface area contributed by atoms with Gasteiger partial charge in [-0.3, -0.25) is 0 Å². The Morgan fingerprint density at radius 1 is 0.862 bits per heavy atom. The molecule has 29 heavy (non-hydrogen) atoms. The smallest absolute Gasteiger partial charge is 0.183 e. The predicted octanol–water partition coefficient (Wildman–Crippen LogP) is 4.99. The zero-order valence-corrected chi connectivity index (χ0v) is 17.1. The first-order valence-electron chi connectivity index (χ1n) is 9.47. The van der Waals surface area contributed by atoms with E-state index in [1.807, 2.05) is 72.8 Å². The Kier molecular flexibility index (Phi) is 6.99. The number of sulfone groups is 1. The van der Waals surface area contributed by atoms with Crippen molar-refractivity contribution in [2.24, 2.45) is 0 Å². The monoisotopic (exact) mass is 407 g/mol. The lowest BCUT2D eigenvalue weighted by molar-refractivity contribution is -0.105. The largest absolute Gasteiger partial charge is 0.314 e. The number of hydrogen-bond acceptors (Lipinski definition) is 4. The van der Waals surface area contributed by atoms with E-state index in [1.165, 1.54) is 7.05 Å². The SMILES string of the molecule is CN(O)[C@@H](c1ccccc1)[C@H](C/C=C/c1ccccc1)S(=O)(=O)c1ccccc1. The topological polar surface area (TPSA) is 57.6 Å². The summed E-state index contributed by atoms with van der Waals surface area (Å²) < 4.78 is 27.0. The van der Waals surface area contributed by atoms with Crippen molar-refractivity contribution >= 4 is 15.9 Å². The number of benzene rings is 3. The molecule has 1 N–H and O–H groups in total. The summed E-state index contributed by atoms with van der Waals surface area (Å²) in [5.41, 5.74) is 1.74. The molecule has 0 aliphatic carbocycles. The third kappa shape index (κ3) is 5.21. The lowest BCUT2D eigenvalue weighted by atomic mass is 10.0. The maximum atomic E-state index is 13.5. The van der Waals surface area contributed by atoms with Crippen LogP contribution in [0.5, 0.6) is 0 Å². The van der Waals surface area contributed by atoms with Crippen molar-refractivity contribution in [1.82, 2.24) is 5.06 Å². The van der Waals surface area contributed by atoms with Crippen molar-refractivity contribution in [2.75, 3.05) is 7.05 Å². The molecule has 3 rings (SSSR count). The quantitative estimate of drug-likeness (QED) is 0.534. The van der Waals surface area contributed by atoms with E-state index in [0.29, 0.717) is 0 Å². The van der Waals surface area contributed by atoms with E-state index in [1.54, 1.807) is 30.3 Å². The van der Waals surface area contributed by atoms with E-state index in [4.69, 9.17) is 0 Å². The van der Waals surface area contributed by atoms with E-state index in [0.717, 1.165) is 16.2 Å². The maximum absolute atomic E-state index is 13.5. The Balaban J connectivity index is 2.01. The number of allylic oxidation sites excluding steroid dienone is 1. The van der Waals surface area contributed by atoms with Crippen LogP contribution in [-0.2, 0) is 9.84 Å². The fourth-order valence-electron chi connectivity index (χ4n) is 3.43. The Hall–Kier alpha value is -2.73. The van der Waals surface area contributed by atoms with Gasteiger partial charge in [0, 0.05) is 7.05 Å². The number of hydroxylamine groups is 2. The normalized spacial score (nSPS) is 14.2. The molecule has 5 heteroatoms. The summed E-state index contributed by atoms with van der Waals surface area (Å²) >= 11 is 0. The fourth-order valence-corrected chi connectivity index (χ4v) is 5.36. The summed E-state index contributed by atoms with van der Waals surface area (Å²) in [6, 6.07) is 26.7. The molecule has 4 nitrogen and oxygen atoms in total. The highest BCUT2D eigenvalue weighted by atomic mass is 32.2. The molecule has 0 amide bonds. The molecule has 0 bridgehead atoms. The van der Waals surface area contributed by atoms with Crippen LogP contribution in [0.2, 0.25) is 0 Å². The van der Waals surface area contributed by atoms with Crippen LogP contribution in [0.1, 0.15) is 23.6 Å². The molecule has 0 spiro atoms. The van der Waals surface area contributed by atoms with Gasteiger partial charge in [-0.05, 0) is 29.7 Å². The molecule has 3 aromatic rings. The second kappa shape index (κ2) is 9.65. The summed E-state index contributed by atoms with van der Waals surface area (Å²) in [6.45, 7) is 0. The molecule has 3 aromatic carbocycles. The zero-order valence-electron chi connectivity index (χ0n) is 16.3. The van der Waals surface area contributed by atoms with Crippen molar-refractivity contribution in [1.29, 1.82) is 0 Å². The van der Waals surface area contributed by atoms with Gasteiger partial charge in [-0.25, -0.2) is 8.42 Å². The predicted molar refractivity (Wildman–Crippen MR) is 116 cm³/mol. The standard InChI is InChI=1S/C24H25NO3S/c1-25(26)24(21-15-7-3-8-16-21)23(19-11-14-20-12-5-2-6-13-20)29(27,28)22-17-9-4-10-18-22/h2-18,23-24,26H,19H2,1H3/b14-11+/t23-,24-/m0/s1. The van der Waals surface area contributed by atoms with Crippen LogP contribution in [0.4, 0.5) is 0 Å². The molecule has 0 unspecified atom stereocenters. The first-order chi connectivity index (χ1) is 14.0. The number of nitrogens with zero attached hydrogens (tertiary/aromatic N) is 1. The van der Waals surface area contributed by atoms with Gasteiger partial charge in [-0.2, -0.15) is 5.06 Å². The lowest BCUT2D eigenvalue weighted by Crippen LogP contribution is -2.37. The molecule has 0 radical (unpaired) electrons. The Bertz CT molecular complexity index is 1020. The number of hydrogen-bond donors (Lipinski definition) is 1. The Morgan fingerprint density at radius 3 is 1.93 bits per heavy atom. The molecule has 0 saturated heterocycles. The summed E-state index contributed by atoms with van der Waals surface area (Å²) in [5.74, 6) is 0. The molecular formula is C24H25NO3S. The average Bonchev–Trinajstić information content (AvgIpc) is 2.75. The van der Waals surface area contributed by atoms with E-state index in [-0.39, 0.29) is 11.3 Å². The summed E-state index contributed by atoms with van der Waals surface area (Å²) in [6.07, 6.45) is 4.03. The van der Waals surface area contributed by atoms with Crippen LogP contribution in [0.25, 0.3) is 6.08 Å². The minimum Gasteiger partial charge on any atom is -0.314 e. The lowest BCUT2D eigenvalue weighted by Gasteiger charge is -2.30. The molecule has 0 aliphatic heterocycles. The second-order valence-electron chi connectivity index (χ2n) is 6.87. The molecule has 0 aliphatic rings. The molecule has 2 atom stereocenters. The van der Waals surface area contributed by atoms with Gasteiger partial charge in [-0.15, -0.1) is 0 Å². The average molecular weight is 408 g/mol. The van der Waals surface area contributed by atoms with Crippen LogP contribution < -0.4 is 0 Å². The van der Waals surface area contributed by atoms with Gasteiger partial charge in [0.2, 0.25) is 0 Å². The van der Waals surface area contributed by atoms with Gasteiger partial charge in [0.15, 0.2) is 9.84 Å². The minimum absolute atomic E-state index is 0.251. The van der Waals surface area contributed by atoms with Crippen molar-refractivity contribution in [3.63, 3.8) is 0 Å². The highest BCUT2D eigenvalue weighted by molar-refractivity contribution is 7.92. The van der Waals surface area contributed by atoms with Crippen molar-refractivity contribution < 1.29 is 13.6 Å². The third-order valence-corrected chi connectivity index (χ3v) is 7.02. The molecule has 0 aromatic heterocycles. The van der Waals surface area contributed by atoms with E-state index >= 15 is 0 Å². The maximum Gasteiger partial charge on any atom is 0.183 e. The van der Waals surface area contributed by atoms with Gasteiger partial charge < -0.3 is 5.21 Å². The van der Waals surface area contributed by atoms with Gasteiger partial charge in [0.1, 0.15) is 0 Å². The van der Waals surface area contributed by atoms with Crippen LogP contribution in [0.15, 0.2) is 102 Å². The molecular weight excluding hydrogens is 382 g/mol. The van der Waals surface area contributed by atoms with Crippen LogP contribution in [-0.4, -0.2) is 31.0 Å². The van der Waals surface area contributed by atoms with Crippen molar-refractivity contribution in [2.45, 2.75) is 22.6 Å². The fraction of sp³-hybridized carbons (Fsp3) is 0.167. The summed E-state index contributed by atoms with van der Waals surface area (Å²) in [4.78, 5) is 0.251. The van der Waals surface area contributed by atoms with Gasteiger partial charge in [0.25, 0.3) is 0 Å². The van der Waals surface area contributed by atoms with E-state index in [2.05, 4.69) is 0 Å². The number of rotatable bonds is 8. The van der Waals surface area contributed by atoms with E-state index in [9.17, 15) is 13.6 Å². The summed E-state index contributed by atoms with van der Waals surface area (Å²) in [5, 5.41) is 10.5. The third-order valence-electron chi connectivity index (χ3n) is 4.84. The first kappa shape index (κ1) is 21.0. The minimum atomic E-state index is -3.70. The molecule has 0 fully saturated rings. The highest BCUT2D eigenvalue weighted by Gasteiger charge is 2.37. The van der Waals surface area contributed by atoms with Crippen LogP contribution in [0.3, 0.4) is 0 Å². The Labute approximate surface area is 172 Å². The Morgan fingerprint density at radius 2 is 1.38 bits per heavy atom. The molecule has 150 valence electrons. The van der Waals surface area contributed by atoms with Crippen LogP contribution in [0, 0.1) is 0 Å². The second-order valence-corrected chi connectivity index (χ2v) is 9.04. The van der Waals surface area contributed by atoms with Gasteiger partial charge in [-0.1, -0.05) is 91.0 Å². The van der Waals surface area contributed by atoms with Gasteiger partial charge in [0.05, 0.1) is 16.2 Å². The van der Waals surface area contributed by atoms with Crippen molar-refractivity contribution in [3.05, 3.63) is 108 Å².